The van der Waals surface area contributed by atoms with Crippen molar-refractivity contribution < 1.29 is 14.7 Å². The summed E-state index contributed by atoms with van der Waals surface area (Å²) in [6, 6.07) is 8.09. The second-order valence-corrected chi connectivity index (χ2v) is 6.57. The molecule has 2 aliphatic heterocycles. The van der Waals surface area contributed by atoms with Crippen molar-refractivity contribution in [3.05, 3.63) is 29.8 Å². The fraction of sp³-hybridized carbons (Fsp3) is 0.556. The first-order valence-electron chi connectivity index (χ1n) is 8.44. The van der Waals surface area contributed by atoms with E-state index in [0.717, 1.165) is 12.1 Å². The van der Waals surface area contributed by atoms with Gasteiger partial charge in [-0.3, -0.25) is 9.59 Å². The molecule has 1 unspecified atom stereocenters. The van der Waals surface area contributed by atoms with Gasteiger partial charge in [0.15, 0.2) is 0 Å². The largest absolute Gasteiger partial charge is 0.389 e. The number of anilines is 1. The van der Waals surface area contributed by atoms with Crippen molar-refractivity contribution in [2.45, 2.75) is 38.7 Å². The molecule has 124 valence electrons. The number of amides is 2. The highest BCUT2D eigenvalue weighted by Crippen LogP contribution is 2.28. The number of unbranched alkanes of at least 4 members (excludes halogenated alkanes) is 1. The van der Waals surface area contributed by atoms with Crippen LogP contribution in [0.15, 0.2) is 24.3 Å². The molecule has 0 aromatic heterocycles. The van der Waals surface area contributed by atoms with Crippen LogP contribution in [0, 0.1) is 5.92 Å². The zero-order chi connectivity index (χ0) is 16.4. The average Bonchev–Trinajstić information content (AvgIpc) is 2.91. The normalized spacial score (nSPS) is 21.7. The van der Waals surface area contributed by atoms with Crippen molar-refractivity contribution in [2.24, 2.45) is 5.92 Å². The summed E-state index contributed by atoms with van der Waals surface area (Å²) in [6.07, 6.45) is 3.26. The first-order valence-corrected chi connectivity index (χ1v) is 8.44. The van der Waals surface area contributed by atoms with Crippen LogP contribution < -0.4 is 4.90 Å². The summed E-state index contributed by atoms with van der Waals surface area (Å²) in [5, 5.41) is 9.31. The Hall–Kier alpha value is -1.88. The summed E-state index contributed by atoms with van der Waals surface area (Å²) < 4.78 is 0. The van der Waals surface area contributed by atoms with Crippen LogP contribution in [0.5, 0.6) is 0 Å². The van der Waals surface area contributed by atoms with Crippen molar-refractivity contribution in [3.63, 3.8) is 0 Å². The Kier molecular flexibility index (Phi) is 4.66. The van der Waals surface area contributed by atoms with E-state index in [0.29, 0.717) is 19.6 Å². The smallest absolute Gasteiger partial charge is 0.228 e. The maximum atomic E-state index is 12.3. The van der Waals surface area contributed by atoms with Gasteiger partial charge in [-0.05, 0) is 30.5 Å². The summed E-state index contributed by atoms with van der Waals surface area (Å²) >= 11 is 0. The monoisotopic (exact) mass is 316 g/mol. The standard InChI is InChI=1S/C18H24N2O3/c1-2-3-4-13-5-7-15(8-6-13)20-10-14(9-17(20)22)18(23)19-11-16(21)12-19/h5-8,14,16,21H,2-4,9-12H2,1H3. The average molecular weight is 316 g/mol. The van der Waals surface area contributed by atoms with Gasteiger partial charge in [0.2, 0.25) is 11.8 Å². The summed E-state index contributed by atoms with van der Waals surface area (Å²) in [4.78, 5) is 27.9. The summed E-state index contributed by atoms with van der Waals surface area (Å²) in [6.45, 7) is 3.41. The predicted molar refractivity (Wildman–Crippen MR) is 88.1 cm³/mol. The van der Waals surface area contributed by atoms with E-state index in [1.807, 2.05) is 12.1 Å². The van der Waals surface area contributed by atoms with Gasteiger partial charge < -0.3 is 14.9 Å². The van der Waals surface area contributed by atoms with Gasteiger partial charge in [0.05, 0.1) is 12.0 Å². The van der Waals surface area contributed by atoms with Crippen molar-refractivity contribution in [2.75, 3.05) is 24.5 Å². The van der Waals surface area contributed by atoms with E-state index in [9.17, 15) is 14.7 Å². The van der Waals surface area contributed by atoms with E-state index in [1.165, 1.54) is 18.4 Å². The number of aryl methyl sites for hydroxylation is 1. The Balaban J connectivity index is 1.62. The van der Waals surface area contributed by atoms with Crippen LogP contribution in [0.4, 0.5) is 5.69 Å². The van der Waals surface area contributed by atoms with Crippen LogP contribution in [0.1, 0.15) is 31.7 Å². The molecule has 23 heavy (non-hydrogen) atoms. The zero-order valence-corrected chi connectivity index (χ0v) is 13.6. The number of aliphatic hydroxyl groups excluding tert-OH is 1. The zero-order valence-electron chi connectivity index (χ0n) is 13.6. The maximum absolute atomic E-state index is 12.3. The van der Waals surface area contributed by atoms with E-state index in [4.69, 9.17) is 0 Å². The lowest BCUT2D eigenvalue weighted by atomic mass is 10.0. The molecule has 1 aromatic rings. The minimum absolute atomic E-state index is 0.00531. The number of rotatable bonds is 5. The molecule has 2 saturated heterocycles. The quantitative estimate of drug-likeness (QED) is 0.897. The number of hydrogen-bond donors (Lipinski definition) is 1. The molecule has 1 N–H and O–H groups in total. The highest BCUT2D eigenvalue weighted by molar-refractivity contribution is 6.00. The van der Waals surface area contributed by atoms with E-state index in [2.05, 4.69) is 19.1 Å². The Bertz CT molecular complexity index is 578. The topological polar surface area (TPSA) is 60.9 Å². The van der Waals surface area contributed by atoms with E-state index in [1.54, 1.807) is 9.80 Å². The van der Waals surface area contributed by atoms with E-state index >= 15 is 0 Å². The molecule has 0 spiro atoms. The minimum Gasteiger partial charge on any atom is -0.389 e. The number of likely N-dealkylation sites (tertiary alicyclic amines) is 1. The van der Waals surface area contributed by atoms with Crippen molar-refractivity contribution in [3.8, 4) is 0 Å². The van der Waals surface area contributed by atoms with Gasteiger partial charge in [-0.15, -0.1) is 0 Å². The van der Waals surface area contributed by atoms with Gasteiger partial charge in [0, 0.05) is 31.7 Å². The van der Waals surface area contributed by atoms with Gasteiger partial charge in [-0.1, -0.05) is 25.5 Å². The Morgan fingerprint density at radius 1 is 1.22 bits per heavy atom. The van der Waals surface area contributed by atoms with Crippen LogP contribution in [0.3, 0.4) is 0 Å². The third kappa shape index (κ3) is 3.39. The molecule has 1 atom stereocenters. The van der Waals surface area contributed by atoms with Crippen LogP contribution in [-0.2, 0) is 16.0 Å². The molecule has 5 nitrogen and oxygen atoms in total. The first-order chi connectivity index (χ1) is 11.1. The highest BCUT2D eigenvalue weighted by Gasteiger charge is 2.40. The molecule has 2 fully saturated rings. The number of carbonyl (C=O) groups excluding carboxylic acids is 2. The maximum Gasteiger partial charge on any atom is 0.228 e. The second kappa shape index (κ2) is 6.71. The first kappa shape index (κ1) is 16.0. The highest BCUT2D eigenvalue weighted by atomic mass is 16.3. The molecule has 0 radical (unpaired) electrons. The second-order valence-electron chi connectivity index (χ2n) is 6.57. The van der Waals surface area contributed by atoms with Crippen molar-refractivity contribution >= 4 is 17.5 Å². The van der Waals surface area contributed by atoms with Crippen molar-refractivity contribution in [1.82, 2.24) is 4.90 Å². The number of benzene rings is 1. The summed E-state index contributed by atoms with van der Waals surface area (Å²) in [5.41, 5.74) is 2.15. The molecule has 2 heterocycles. The molecular formula is C18H24N2O3. The summed E-state index contributed by atoms with van der Waals surface area (Å²) in [5.74, 6) is -0.286. The third-order valence-electron chi connectivity index (χ3n) is 4.72. The molecule has 0 saturated carbocycles. The fourth-order valence-electron chi connectivity index (χ4n) is 3.24. The number of carbonyl (C=O) groups is 2. The van der Waals surface area contributed by atoms with Crippen LogP contribution in [-0.4, -0.2) is 47.6 Å². The van der Waals surface area contributed by atoms with Gasteiger partial charge in [-0.25, -0.2) is 0 Å². The lowest BCUT2D eigenvalue weighted by Crippen LogP contribution is -2.55. The number of β-amino-alcohol motifs (C(OH)–C–C–N with tert-alkyl or cyclic N) is 1. The van der Waals surface area contributed by atoms with Crippen molar-refractivity contribution in [1.29, 1.82) is 0 Å². The van der Waals surface area contributed by atoms with Gasteiger partial charge in [-0.2, -0.15) is 0 Å². The molecule has 3 rings (SSSR count). The number of aliphatic hydroxyl groups is 1. The van der Waals surface area contributed by atoms with Crippen LogP contribution >= 0.6 is 0 Å². The Labute approximate surface area is 136 Å². The molecule has 1 aromatic carbocycles. The Morgan fingerprint density at radius 3 is 2.52 bits per heavy atom. The predicted octanol–water partition coefficient (Wildman–Crippen LogP) is 1.59. The Morgan fingerprint density at radius 2 is 1.91 bits per heavy atom. The lowest BCUT2D eigenvalue weighted by molar-refractivity contribution is -0.145. The van der Waals surface area contributed by atoms with Crippen LogP contribution in [0.25, 0.3) is 0 Å². The fourth-order valence-corrected chi connectivity index (χ4v) is 3.24. The molecule has 2 amide bonds. The SMILES string of the molecule is CCCCc1ccc(N2CC(C(=O)N3CC(O)C3)CC2=O)cc1. The van der Waals surface area contributed by atoms with Gasteiger partial charge in [0.1, 0.15) is 0 Å². The lowest BCUT2D eigenvalue weighted by Gasteiger charge is -2.37. The van der Waals surface area contributed by atoms with Crippen LogP contribution in [0.2, 0.25) is 0 Å². The van der Waals surface area contributed by atoms with Gasteiger partial charge in [0.25, 0.3) is 0 Å². The molecule has 5 heteroatoms. The molecule has 2 aliphatic rings. The number of hydrogen-bond acceptors (Lipinski definition) is 3. The molecule has 0 aliphatic carbocycles. The third-order valence-corrected chi connectivity index (χ3v) is 4.72. The molecule has 0 bridgehead atoms. The minimum atomic E-state index is -0.400. The van der Waals surface area contributed by atoms with E-state index in [-0.39, 0.29) is 24.2 Å². The summed E-state index contributed by atoms with van der Waals surface area (Å²) in [7, 11) is 0. The molecular weight excluding hydrogens is 292 g/mol. The van der Waals surface area contributed by atoms with Gasteiger partial charge >= 0.3 is 0 Å². The number of nitrogens with zero attached hydrogens (tertiary/aromatic N) is 2. The van der Waals surface area contributed by atoms with E-state index < -0.39 is 6.10 Å².